The van der Waals surface area contributed by atoms with Crippen LogP contribution in [0.25, 0.3) is 0 Å². The zero-order valence-corrected chi connectivity index (χ0v) is 19.3. The van der Waals surface area contributed by atoms with Gasteiger partial charge in [0.05, 0.1) is 5.69 Å². The fourth-order valence-electron chi connectivity index (χ4n) is 3.61. The number of likely N-dealkylation sites (tertiary alicyclic amines) is 1. The summed E-state index contributed by atoms with van der Waals surface area (Å²) >= 11 is 3.52. The lowest BCUT2D eigenvalue weighted by Crippen LogP contribution is -2.40. The predicted octanol–water partition coefficient (Wildman–Crippen LogP) is 5.88. The minimum atomic E-state index is -0.0593. The van der Waals surface area contributed by atoms with Crippen molar-refractivity contribution in [2.75, 3.05) is 31.5 Å². The molecule has 29 heavy (non-hydrogen) atoms. The first-order valence-corrected chi connectivity index (χ1v) is 11.2. The summed E-state index contributed by atoms with van der Waals surface area (Å²) in [5.41, 5.74) is 3.39. The summed E-state index contributed by atoms with van der Waals surface area (Å²) < 4.78 is 0.891. The highest BCUT2D eigenvalue weighted by molar-refractivity contribution is 9.10. The van der Waals surface area contributed by atoms with Crippen molar-refractivity contribution in [3.05, 3.63) is 64.1 Å². The third-order valence-electron chi connectivity index (χ3n) is 5.48. The summed E-state index contributed by atoms with van der Waals surface area (Å²) in [4.78, 5) is 17.4. The SMILES string of the molecule is CC(C)(C)c1ccc(CN(CCN2CCCC2)C(=O)Nc2ccccc2Br)cc1. The molecular weight excluding hydrogens is 426 g/mol. The maximum Gasteiger partial charge on any atom is 0.322 e. The Morgan fingerprint density at radius 2 is 1.72 bits per heavy atom. The van der Waals surface area contributed by atoms with Gasteiger partial charge in [-0.25, -0.2) is 4.79 Å². The predicted molar refractivity (Wildman–Crippen MR) is 124 cm³/mol. The molecule has 0 aromatic heterocycles. The van der Waals surface area contributed by atoms with Crippen molar-refractivity contribution in [3.8, 4) is 0 Å². The van der Waals surface area contributed by atoms with Crippen LogP contribution in [0, 0.1) is 0 Å². The molecule has 0 bridgehead atoms. The molecule has 2 aromatic carbocycles. The molecule has 2 aromatic rings. The number of urea groups is 1. The molecule has 0 atom stereocenters. The topological polar surface area (TPSA) is 35.6 Å². The lowest BCUT2D eigenvalue weighted by molar-refractivity contribution is 0.198. The van der Waals surface area contributed by atoms with Crippen molar-refractivity contribution in [3.63, 3.8) is 0 Å². The fourth-order valence-corrected chi connectivity index (χ4v) is 3.99. The van der Waals surface area contributed by atoms with E-state index in [2.05, 4.69) is 71.2 Å². The number of carbonyl (C=O) groups excluding carboxylic acids is 1. The molecule has 0 spiro atoms. The Kier molecular flexibility index (Phi) is 7.36. The second-order valence-corrected chi connectivity index (χ2v) is 9.68. The van der Waals surface area contributed by atoms with Crippen LogP contribution in [0.4, 0.5) is 10.5 Å². The third-order valence-corrected chi connectivity index (χ3v) is 6.17. The molecule has 0 unspecified atom stereocenters. The number of rotatable bonds is 6. The maximum absolute atomic E-state index is 13.1. The number of carbonyl (C=O) groups is 1. The van der Waals surface area contributed by atoms with Gasteiger partial charge in [0, 0.05) is 24.1 Å². The molecule has 1 aliphatic heterocycles. The highest BCUT2D eigenvalue weighted by atomic mass is 79.9. The van der Waals surface area contributed by atoms with Crippen LogP contribution < -0.4 is 5.32 Å². The average molecular weight is 458 g/mol. The Morgan fingerprint density at radius 1 is 1.07 bits per heavy atom. The molecule has 1 fully saturated rings. The first-order valence-electron chi connectivity index (χ1n) is 10.5. The maximum atomic E-state index is 13.1. The number of hydrogen-bond acceptors (Lipinski definition) is 2. The van der Waals surface area contributed by atoms with Crippen LogP contribution in [0.15, 0.2) is 53.0 Å². The van der Waals surface area contributed by atoms with Crippen LogP contribution in [0.3, 0.4) is 0 Å². The normalized spacial score (nSPS) is 14.8. The quantitative estimate of drug-likeness (QED) is 0.587. The van der Waals surface area contributed by atoms with E-state index in [4.69, 9.17) is 0 Å². The number of hydrogen-bond donors (Lipinski definition) is 1. The minimum absolute atomic E-state index is 0.0593. The van der Waals surface area contributed by atoms with E-state index in [0.717, 1.165) is 41.9 Å². The first-order chi connectivity index (χ1) is 13.8. The van der Waals surface area contributed by atoms with Gasteiger partial charge in [0.25, 0.3) is 0 Å². The van der Waals surface area contributed by atoms with Crippen LogP contribution in [0.5, 0.6) is 0 Å². The number of para-hydroxylation sites is 1. The lowest BCUT2D eigenvalue weighted by Gasteiger charge is -2.26. The Bertz CT molecular complexity index is 808. The number of nitrogens with zero attached hydrogens (tertiary/aromatic N) is 2. The van der Waals surface area contributed by atoms with E-state index in [1.54, 1.807) is 0 Å². The average Bonchev–Trinajstić information content (AvgIpc) is 3.20. The van der Waals surface area contributed by atoms with Crippen molar-refractivity contribution in [1.29, 1.82) is 0 Å². The Balaban J connectivity index is 1.71. The molecule has 0 radical (unpaired) electrons. The molecule has 4 nitrogen and oxygen atoms in total. The van der Waals surface area contributed by atoms with Crippen molar-refractivity contribution in [2.24, 2.45) is 0 Å². The zero-order valence-electron chi connectivity index (χ0n) is 17.7. The molecule has 0 aliphatic carbocycles. The number of amides is 2. The van der Waals surface area contributed by atoms with E-state index < -0.39 is 0 Å². The monoisotopic (exact) mass is 457 g/mol. The molecule has 1 heterocycles. The zero-order chi connectivity index (χ0) is 20.9. The van der Waals surface area contributed by atoms with Crippen molar-refractivity contribution in [1.82, 2.24) is 9.80 Å². The standard InChI is InChI=1S/C24H32BrN3O/c1-24(2,3)20-12-10-19(11-13-20)18-28(17-16-27-14-6-7-15-27)23(29)26-22-9-5-4-8-21(22)25/h4-5,8-13H,6-7,14-18H2,1-3H3,(H,26,29). The highest BCUT2D eigenvalue weighted by Gasteiger charge is 2.19. The molecule has 5 heteroatoms. The van der Waals surface area contributed by atoms with E-state index in [-0.39, 0.29) is 11.4 Å². The molecule has 2 amide bonds. The van der Waals surface area contributed by atoms with Gasteiger partial charge < -0.3 is 15.1 Å². The first kappa shape index (κ1) is 21.8. The summed E-state index contributed by atoms with van der Waals surface area (Å²) in [6.07, 6.45) is 2.52. The molecule has 1 N–H and O–H groups in total. The fraction of sp³-hybridized carbons (Fsp3) is 0.458. The van der Waals surface area contributed by atoms with Gasteiger partial charge >= 0.3 is 6.03 Å². The smallest absolute Gasteiger partial charge is 0.319 e. The third kappa shape index (κ3) is 6.31. The second-order valence-electron chi connectivity index (χ2n) is 8.83. The van der Waals surface area contributed by atoms with Crippen molar-refractivity contribution >= 4 is 27.6 Å². The number of halogens is 1. The summed E-state index contributed by atoms with van der Waals surface area (Å²) in [6.45, 7) is 11.2. The van der Waals surface area contributed by atoms with Gasteiger partial charge in [-0.05, 0) is 70.5 Å². The van der Waals surface area contributed by atoms with Gasteiger partial charge in [-0.15, -0.1) is 0 Å². The van der Waals surface area contributed by atoms with Gasteiger partial charge in [0.2, 0.25) is 0 Å². The number of benzene rings is 2. The molecule has 1 saturated heterocycles. The molecule has 3 rings (SSSR count). The van der Waals surface area contributed by atoms with Crippen molar-refractivity contribution < 1.29 is 4.79 Å². The van der Waals surface area contributed by atoms with Gasteiger partial charge in [0.15, 0.2) is 0 Å². The van der Waals surface area contributed by atoms with Crippen LogP contribution in [0.2, 0.25) is 0 Å². The van der Waals surface area contributed by atoms with Crippen molar-refractivity contribution in [2.45, 2.75) is 45.6 Å². The number of anilines is 1. The lowest BCUT2D eigenvalue weighted by atomic mass is 9.87. The van der Waals surface area contributed by atoms with Crippen LogP contribution >= 0.6 is 15.9 Å². The number of nitrogens with one attached hydrogen (secondary N) is 1. The highest BCUT2D eigenvalue weighted by Crippen LogP contribution is 2.24. The summed E-state index contributed by atoms with van der Waals surface area (Å²) in [6, 6.07) is 16.3. The Hall–Kier alpha value is -1.85. The van der Waals surface area contributed by atoms with Crippen LogP contribution in [-0.2, 0) is 12.0 Å². The van der Waals surface area contributed by atoms with Gasteiger partial charge in [0.1, 0.15) is 0 Å². The second kappa shape index (κ2) is 9.77. The molecular formula is C24H32BrN3O. The Morgan fingerprint density at radius 3 is 2.34 bits per heavy atom. The van der Waals surface area contributed by atoms with Gasteiger partial charge in [-0.1, -0.05) is 57.2 Å². The molecule has 1 aliphatic rings. The van der Waals surface area contributed by atoms with Crippen LogP contribution in [-0.4, -0.2) is 42.0 Å². The van der Waals surface area contributed by atoms with E-state index in [9.17, 15) is 4.79 Å². The minimum Gasteiger partial charge on any atom is -0.319 e. The Labute approximate surface area is 183 Å². The molecule has 0 saturated carbocycles. The van der Waals surface area contributed by atoms with Crippen LogP contribution in [0.1, 0.15) is 44.7 Å². The summed E-state index contributed by atoms with van der Waals surface area (Å²) in [5.74, 6) is 0. The van der Waals surface area contributed by atoms with E-state index in [1.165, 1.54) is 18.4 Å². The van der Waals surface area contributed by atoms with E-state index in [0.29, 0.717) is 6.54 Å². The van der Waals surface area contributed by atoms with E-state index in [1.807, 2.05) is 29.2 Å². The largest absolute Gasteiger partial charge is 0.322 e. The van der Waals surface area contributed by atoms with Gasteiger partial charge in [-0.3, -0.25) is 0 Å². The summed E-state index contributed by atoms with van der Waals surface area (Å²) in [5, 5.41) is 3.06. The van der Waals surface area contributed by atoms with E-state index >= 15 is 0 Å². The van der Waals surface area contributed by atoms with Gasteiger partial charge in [-0.2, -0.15) is 0 Å². The molecule has 156 valence electrons. The summed E-state index contributed by atoms with van der Waals surface area (Å²) in [7, 11) is 0.